The average Bonchev–Trinajstić information content (AvgIpc) is 2.36. The fraction of sp³-hybridized carbons (Fsp3) is 0.765. The van der Waals surface area contributed by atoms with Gasteiger partial charge in [0.05, 0.1) is 0 Å². The summed E-state index contributed by atoms with van der Waals surface area (Å²) in [4.78, 5) is 0. The van der Waals surface area contributed by atoms with Crippen molar-refractivity contribution in [2.75, 3.05) is 0 Å². The summed E-state index contributed by atoms with van der Waals surface area (Å²) in [5.41, 5.74) is 0. The van der Waals surface area contributed by atoms with Gasteiger partial charge in [0.15, 0.2) is 0 Å². The van der Waals surface area contributed by atoms with Gasteiger partial charge in [-0.25, -0.2) is 0 Å². The average molecular weight is 236 g/mol. The van der Waals surface area contributed by atoms with Crippen molar-refractivity contribution in [1.29, 1.82) is 0 Å². The largest absolute Gasteiger partial charge is 0.103 e. The summed E-state index contributed by atoms with van der Waals surface area (Å²) >= 11 is 0. The van der Waals surface area contributed by atoms with Crippen LogP contribution in [0.25, 0.3) is 0 Å². The summed E-state index contributed by atoms with van der Waals surface area (Å²) in [5.74, 6) is 1.68. The molecule has 0 aromatic carbocycles. The van der Waals surface area contributed by atoms with E-state index in [4.69, 9.17) is 0 Å². The fourth-order valence-corrected chi connectivity index (χ4v) is 2.07. The van der Waals surface area contributed by atoms with E-state index in [1.165, 1.54) is 51.4 Å². The van der Waals surface area contributed by atoms with Crippen LogP contribution in [-0.2, 0) is 0 Å². The minimum atomic E-state index is 0.756. The highest BCUT2D eigenvalue weighted by molar-refractivity contribution is 4.85. The Kier molecular flexibility index (Phi) is 11.6. The van der Waals surface area contributed by atoms with E-state index in [2.05, 4.69) is 45.6 Å². The highest BCUT2D eigenvalue weighted by Crippen LogP contribution is 2.19. The monoisotopic (exact) mass is 236 g/mol. The Bertz CT molecular complexity index is 190. The van der Waals surface area contributed by atoms with Gasteiger partial charge in [-0.15, -0.1) is 6.58 Å². The van der Waals surface area contributed by atoms with E-state index in [0.29, 0.717) is 0 Å². The molecule has 2 unspecified atom stereocenters. The van der Waals surface area contributed by atoms with Gasteiger partial charge in [-0.3, -0.25) is 0 Å². The summed E-state index contributed by atoms with van der Waals surface area (Å²) in [5, 5.41) is 0. The minimum Gasteiger partial charge on any atom is -0.103 e. The molecular formula is C17H32. The highest BCUT2D eigenvalue weighted by Gasteiger charge is 2.04. The maximum absolute atomic E-state index is 3.80. The summed E-state index contributed by atoms with van der Waals surface area (Å²) in [6, 6.07) is 0. The van der Waals surface area contributed by atoms with Gasteiger partial charge in [-0.1, -0.05) is 64.7 Å². The van der Waals surface area contributed by atoms with Crippen molar-refractivity contribution in [3.63, 3.8) is 0 Å². The Morgan fingerprint density at radius 3 is 2.35 bits per heavy atom. The maximum atomic E-state index is 3.80. The second-order valence-corrected chi connectivity index (χ2v) is 5.24. The van der Waals surface area contributed by atoms with Crippen LogP contribution in [0.2, 0.25) is 0 Å². The molecule has 0 spiro atoms. The van der Waals surface area contributed by atoms with Crippen LogP contribution in [0.1, 0.15) is 72.1 Å². The lowest BCUT2D eigenvalue weighted by molar-refractivity contribution is 0.421. The van der Waals surface area contributed by atoms with E-state index >= 15 is 0 Å². The molecule has 0 aliphatic rings. The van der Waals surface area contributed by atoms with Crippen molar-refractivity contribution < 1.29 is 0 Å². The second kappa shape index (κ2) is 12.0. The van der Waals surface area contributed by atoms with Crippen molar-refractivity contribution in [3.05, 3.63) is 24.8 Å². The Morgan fingerprint density at radius 2 is 1.76 bits per heavy atom. The highest BCUT2D eigenvalue weighted by atomic mass is 14.1. The van der Waals surface area contributed by atoms with Gasteiger partial charge in [-0.2, -0.15) is 0 Å². The van der Waals surface area contributed by atoms with Gasteiger partial charge in [0.1, 0.15) is 0 Å². The molecule has 0 aliphatic carbocycles. The van der Waals surface area contributed by atoms with Crippen molar-refractivity contribution in [2.24, 2.45) is 11.8 Å². The summed E-state index contributed by atoms with van der Waals surface area (Å²) in [7, 11) is 0. The molecule has 0 saturated heterocycles. The van der Waals surface area contributed by atoms with E-state index in [1.54, 1.807) is 0 Å². The van der Waals surface area contributed by atoms with E-state index in [1.807, 2.05) is 0 Å². The fourth-order valence-electron chi connectivity index (χ4n) is 2.07. The third-order valence-electron chi connectivity index (χ3n) is 3.70. The predicted molar refractivity (Wildman–Crippen MR) is 80.3 cm³/mol. The predicted octanol–water partition coefficient (Wildman–Crippen LogP) is 6.14. The molecule has 0 bridgehead atoms. The molecule has 0 amide bonds. The first kappa shape index (κ1) is 16.5. The van der Waals surface area contributed by atoms with Crippen LogP contribution in [-0.4, -0.2) is 0 Å². The molecule has 17 heavy (non-hydrogen) atoms. The first-order valence-electron chi connectivity index (χ1n) is 7.52. The van der Waals surface area contributed by atoms with E-state index in [-0.39, 0.29) is 0 Å². The van der Waals surface area contributed by atoms with Crippen LogP contribution in [0.15, 0.2) is 24.8 Å². The molecule has 0 fully saturated rings. The van der Waals surface area contributed by atoms with E-state index in [0.717, 1.165) is 11.8 Å². The summed E-state index contributed by atoms with van der Waals surface area (Å²) < 4.78 is 0. The minimum absolute atomic E-state index is 0.756. The molecule has 0 N–H and O–H groups in total. The number of unbranched alkanes of at least 4 members (excludes halogenated alkanes) is 2. The molecule has 0 aromatic rings. The number of hydrogen-bond donors (Lipinski definition) is 0. The molecule has 0 heteroatoms. The van der Waals surface area contributed by atoms with Crippen LogP contribution in [0.5, 0.6) is 0 Å². The summed E-state index contributed by atoms with van der Waals surface area (Å²) in [6.45, 7) is 10.7. The lowest BCUT2D eigenvalue weighted by Crippen LogP contribution is -1.98. The zero-order valence-electron chi connectivity index (χ0n) is 12.3. The zero-order valence-corrected chi connectivity index (χ0v) is 12.3. The maximum Gasteiger partial charge on any atom is -0.0265 e. The Labute approximate surface area is 109 Å². The van der Waals surface area contributed by atoms with Crippen molar-refractivity contribution in [2.45, 2.75) is 72.1 Å². The third-order valence-corrected chi connectivity index (χ3v) is 3.70. The number of rotatable bonds is 11. The van der Waals surface area contributed by atoms with Crippen LogP contribution < -0.4 is 0 Å². The lowest BCUT2D eigenvalue weighted by Gasteiger charge is -2.12. The molecule has 0 radical (unpaired) electrons. The van der Waals surface area contributed by atoms with Gasteiger partial charge in [-0.05, 0) is 37.5 Å². The molecule has 0 rings (SSSR count). The lowest BCUT2D eigenvalue weighted by atomic mass is 9.94. The molecular weight excluding hydrogens is 204 g/mol. The van der Waals surface area contributed by atoms with Crippen LogP contribution in [0.3, 0.4) is 0 Å². The first-order valence-corrected chi connectivity index (χ1v) is 7.52. The second-order valence-electron chi connectivity index (χ2n) is 5.24. The molecule has 0 heterocycles. The molecule has 0 saturated carbocycles. The van der Waals surface area contributed by atoms with Crippen molar-refractivity contribution in [1.82, 2.24) is 0 Å². The SMILES string of the molecule is C=CCCC(CC)CCCCC=CC(C)CC. The van der Waals surface area contributed by atoms with Gasteiger partial charge in [0.2, 0.25) is 0 Å². The Balaban J connectivity index is 3.48. The van der Waals surface area contributed by atoms with Gasteiger partial charge < -0.3 is 0 Å². The first-order chi connectivity index (χ1) is 8.24. The van der Waals surface area contributed by atoms with Gasteiger partial charge in [0.25, 0.3) is 0 Å². The van der Waals surface area contributed by atoms with Crippen LogP contribution in [0, 0.1) is 11.8 Å². The van der Waals surface area contributed by atoms with Crippen molar-refractivity contribution >= 4 is 0 Å². The number of hydrogen-bond acceptors (Lipinski definition) is 0. The Hall–Kier alpha value is -0.520. The van der Waals surface area contributed by atoms with Crippen molar-refractivity contribution in [3.8, 4) is 0 Å². The molecule has 0 aromatic heterocycles. The standard InChI is InChI=1S/C17H32/c1-5-8-14-17(7-3)15-12-10-9-11-13-16(4)6-2/h5,11,13,16-17H,1,6-10,12,14-15H2,2-4H3. The van der Waals surface area contributed by atoms with Gasteiger partial charge in [0, 0.05) is 0 Å². The summed E-state index contributed by atoms with van der Waals surface area (Å²) in [6.07, 6.45) is 17.3. The van der Waals surface area contributed by atoms with E-state index in [9.17, 15) is 0 Å². The third kappa shape index (κ3) is 10.4. The Morgan fingerprint density at radius 1 is 1.00 bits per heavy atom. The van der Waals surface area contributed by atoms with Crippen LogP contribution >= 0.6 is 0 Å². The molecule has 2 atom stereocenters. The van der Waals surface area contributed by atoms with Gasteiger partial charge >= 0.3 is 0 Å². The smallest absolute Gasteiger partial charge is 0.0265 e. The molecule has 0 aliphatic heterocycles. The topological polar surface area (TPSA) is 0 Å². The van der Waals surface area contributed by atoms with E-state index < -0.39 is 0 Å². The molecule has 100 valence electrons. The molecule has 0 nitrogen and oxygen atoms in total. The number of allylic oxidation sites excluding steroid dienone is 3. The normalized spacial score (nSPS) is 15.0. The van der Waals surface area contributed by atoms with Crippen LogP contribution in [0.4, 0.5) is 0 Å². The zero-order chi connectivity index (χ0) is 12.9. The quantitative estimate of drug-likeness (QED) is 0.298.